The number of ether oxygens (including phenoxy) is 1. The molecule has 1 aliphatic rings. The van der Waals surface area contributed by atoms with Crippen LogP contribution in [0.2, 0.25) is 0 Å². The van der Waals surface area contributed by atoms with Crippen molar-refractivity contribution < 1.29 is 9.15 Å². The van der Waals surface area contributed by atoms with E-state index in [1.807, 2.05) is 25.1 Å². The molecule has 2 aromatic rings. The number of nitrogens with one attached hydrogen (secondary N) is 1. The number of nitrogens with zero attached hydrogens (tertiary/aromatic N) is 1. The van der Waals surface area contributed by atoms with Gasteiger partial charge >= 0.3 is 0 Å². The Morgan fingerprint density at radius 1 is 1.53 bits per heavy atom. The van der Waals surface area contributed by atoms with Gasteiger partial charge in [0.25, 0.3) is 0 Å². The van der Waals surface area contributed by atoms with E-state index in [0.717, 1.165) is 36.5 Å². The Balaban J connectivity index is 1.71. The highest BCUT2D eigenvalue weighted by atomic mass is 16.5. The molecular weight excluding hydrogens is 216 g/mol. The zero-order chi connectivity index (χ0) is 11.7. The summed E-state index contributed by atoms with van der Waals surface area (Å²) in [7, 11) is 0. The highest BCUT2D eigenvalue weighted by Gasteiger charge is 2.15. The maximum absolute atomic E-state index is 5.78. The largest absolute Gasteiger partial charge is 0.493 e. The third-order valence-electron chi connectivity index (χ3n) is 3.11. The van der Waals surface area contributed by atoms with Crippen molar-refractivity contribution in [2.75, 3.05) is 19.7 Å². The molecule has 3 rings (SSSR count). The van der Waals surface area contributed by atoms with Crippen LogP contribution >= 0.6 is 0 Å². The zero-order valence-electron chi connectivity index (χ0n) is 9.90. The molecule has 90 valence electrons. The van der Waals surface area contributed by atoms with Gasteiger partial charge in [-0.25, -0.2) is 4.98 Å². The molecule has 17 heavy (non-hydrogen) atoms. The lowest BCUT2D eigenvalue weighted by Gasteiger charge is -2.10. The molecule has 0 aliphatic carbocycles. The van der Waals surface area contributed by atoms with Gasteiger partial charge in [-0.05, 0) is 25.1 Å². The first kappa shape index (κ1) is 10.6. The first-order valence-corrected chi connectivity index (χ1v) is 6.02. The molecule has 1 N–H and O–H groups in total. The molecule has 4 nitrogen and oxygen atoms in total. The van der Waals surface area contributed by atoms with E-state index >= 15 is 0 Å². The summed E-state index contributed by atoms with van der Waals surface area (Å²) in [5.41, 5.74) is 1.68. The smallest absolute Gasteiger partial charge is 0.192 e. The maximum Gasteiger partial charge on any atom is 0.192 e. The highest BCUT2D eigenvalue weighted by molar-refractivity contribution is 5.74. The van der Waals surface area contributed by atoms with Gasteiger partial charge in [0.1, 0.15) is 11.3 Å². The molecule has 0 saturated carbocycles. The van der Waals surface area contributed by atoms with E-state index in [-0.39, 0.29) is 0 Å². The van der Waals surface area contributed by atoms with Crippen molar-refractivity contribution in [2.45, 2.75) is 13.3 Å². The van der Waals surface area contributed by atoms with Crippen LogP contribution in [0.5, 0.6) is 5.75 Å². The Morgan fingerprint density at radius 2 is 2.47 bits per heavy atom. The van der Waals surface area contributed by atoms with Gasteiger partial charge in [0.05, 0.1) is 6.61 Å². The fourth-order valence-electron chi connectivity index (χ4n) is 2.18. The predicted octanol–water partition coefficient (Wildman–Crippen LogP) is 2.12. The fourth-order valence-corrected chi connectivity index (χ4v) is 2.18. The number of hydrogen-bond acceptors (Lipinski definition) is 4. The van der Waals surface area contributed by atoms with Gasteiger partial charge in [-0.3, -0.25) is 0 Å². The standard InChI is InChI=1S/C13H16N2O2/c1-9-15-12-3-2-11(6-13(12)17-9)16-8-10-4-5-14-7-10/h2-3,6,10,14H,4-5,7-8H2,1H3. The molecule has 1 saturated heterocycles. The summed E-state index contributed by atoms with van der Waals surface area (Å²) in [5, 5.41) is 3.33. The molecule has 4 heteroatoms. The van der Waals surface area contributed by atoms with E-state index in [9.17, 15) is 0 Å². The molecule has 0 spiro atoms. The molecule has 0 bridgehead atoms. The first-order chi connectivity index (χ1) is 8.31. The van der Waals surface area contributed by atoms with Crippen LogP contribution in [-0.2, 0) is 0 Å². The van der Waals surface area contributed by atoms with Gasteiger partial charge in [0, 0.05) is 25.5 Å². The molecule has 2 heterocycles. The summed E-state index contributed by atoms with van der Waals surface area (Å²) in [6.07, 6.45) is 1.20. The van der Waals surface area contributed by atoms with E-state index < -0.39 is 0 Å². The second kappa shape index (κ2) is 4.37. The van der Waals surface area contributed by atoms with E-state index in [2.05, 4.69) is 10.3 Å². The average Bonchev–Trinajstić information content (AvgIpc) is 2.92. The SMILES string of the molecule is Cc1nc2ccc(OCC3CCNC3)cc2o1. The number of oxazole rings is 1. The van der Waals surface area contributed by atoms with E-state index in [1.54, 1.807) is 0 Å². The minimum absolute atomic E-state index is 0.627. The lowest BCUT2D eigenvalue weighted by molar-refractivity contribution is 0.260. The third kappa shape index (κ3) is 2.26. The van der Waals surface area contributed by atoms with Crippen LogP contribution in [0, 0.1) is 12.8 Å². The molecule has 1 fully saturated rings. The average molecular weight is 232 g/mol. The topological polar surface area (TPSA) is 47.3 Å². The summed E-state index contributed by atoms with van der Waals surface area (Å²) >= 11 is 0. The molecular formula is C13H16N2O2. The van der Waals surface area contributed by atoms with Crippen molar-refractivity contribution in [1.82, 2.24) is 10.3 Å². The van der Waals surface area contributed by atoms with Crippen LogP contribution in [0.4, 0.5) is 0 Å². The second-order valence-electron chi connectivity index (χ2n) is 4.53. The summed E-state index contributed by atoms with van der Waals surface area (Å²) in [5.74, 6) is 2.18. The number of aryl methyl sites for hydroxylation is 1. The molecule has 1 aromatic carbocycles. The van der Waals surface area contributed by atoms with Gasteiger partial charge in [0.15, 0.2) is 11.5 Å². The van der Waals surface area contributed by atoms with Crippen molar-refractivity contribution >= 4 is 11.1 Å². The van der Waals surface area contributed by atoms with E-state index in [1.165, 1.54) is 6.42 Å². The Morgan fingerprint density at radius 3 is 3.29 bits per heavy atom. The Kier molecular flexibility index (Phi) is 2.73. The van der Waals surface area contributed by atoms with E-state index in [0.29, 0.717) is 11.8 Å². The van der Waals surface area contributed by atoms with Gasteiger partial charge in [-0.15, -0.1) is 0 Å². The number of aromatic nitrogens is 1. The lowest BCUT2D eigenvalue weighted by Crippen LogP contribution is -2.15. The summed E-state index contributed by atoms with van der Waals surface area (Å²) in [6.45, 7) is 4.79. The monoisotopic (exact) mass is 232 g/mol. The molecule has 1 aromatic heterocycles. The minimum atomic E-state index is 0.627. The van der Waals surface area contributed by atoms with Crippen molar-refractivity contribution in [1.29, 1.82) is 0 Å². The first-order valence-electron chi connectivity index (χ1n) is 6.02. The molecule has 0 radical (unpaired) electrons. The van der Waals surface area contributed by atoms with Crippen LogP contribution in [0.3, 0.4) is 0 Å². The van der Waals surface area contributed by atoms with Crippen LogP contribution < -0.4 is 10.1 Å². The fraction of sp³-hybridized carbons (Fsp3) is 0.462. The second-order valence-corrected chi connectivity index (χ2v) is 4.53. The quantitative estimate of drug-likeness (QED) is 0.880. The number of benzene rings is 1. The zero-order valence-corrected chi connectivity index (χ0v) is 9.90. The van der Waals surface area contributed by atoms with E-state index in [4.69, 9.17) is 9.15 Å². The summed E-state index contributed by atoms with van der Waals surface area (Å²) in [6, 6.07) is 5.80. The Labute approximate surface area is 100.0 Å². The number of rotatable bonds is 3. The Hall–Kier alpha value is -1.55. The highest BCUT2D eigenvalue weighted by Crippen LogP contribution is 2.22. The Bertz CT molecular complexity index is 515. The van der Waals surface area contributed by atoms with Crippen LogP contribution in [0.15, 0.2) is 22.6 Å². The lowest BCUT2D eigenvalue weighted by atomic mass is 10.1. The molecule has 1 atom stereocenters. The minimum Gasteiger partial charge on any atom is -0.493 e. The third-order valence-corrected chi connectivity index (χ3v) is 3.11. The number of fused-ring (bicyclic) bond motifs is 1. The molecule has 1 aliphatic heterocycles. The van der Waals surface area contributed by atoms with Gasteiger partial charge in [-0.2, -0.15) is 0 Å². The summed E-state index contributed by atoms with van der Waals surface area (Å²) in [4.78, 5) is 4.26. The normalized spacial score (nSPS) is 19.9. The molecule has 1 unspecified atom stereocenters. The van der Waals surface area contributed by atoms with Crippen molar-refractivity contribution in [2.24, 2.45) is 5.92 Å². The number of hydrogen-bond donors (Lipinski definition) is 1. The maximum atomic E-state index is 5.78. The van der Waals surface area contributed by atoms with Crippen LogP contribution in [-0.4, -0.2) is 24.7 Å². The van der Waals surface area contributed by atoms with Crippen molar-refractivity contribution in [3.63, 3.8) is 0 Å². The van der Waals surface area contributed by atoms with Crippen LogP contribution in [0.1, 0.15) is 12.3 Å². The van der Waals surface area contributed by atoms with Crippen molar-refractivity contribution in [3.05, 3.63) is 24.1 Å². The predicted molar refractivity (Wildman–Crippen MR) is 65.2 cm³/mol. The van der Waals surface area contributed by atoms with Gasteiger partial charge in [-0.1, -0.05) is 0 Å². The molecule has 0 amide bonds. The van der Waals surface area contributed by atoms with Crippen LogP contribution in [0.25, 0.3) is 11.1 Å². The van der Waals surface area contributed by atoms with Gasteiger partial charge in [0.2, 0.25) is 0 Å². The van der Waals surface area contributed by atoms with Crippen molar-refractivity contribution in [3.8, 4) is 5.75 Å². The summed E-state index contributed by atoms with van der Waals surface area (Å²) < 4.78 is 11.3. The van der Waals surface area contributed by atoms with Gasteiger partial charge < -0.3 is 14.5 Å².